The van der Waals surface area contributed by atoms with E-state index in [4.69, 9.17) is 4.74 Å². The highest BCUT2D eigenvalue weighted by atomic mass is 16.5. The van der Waals surface area contributed by atoms with Gasteiger partial charge in [0.2, 0.25) is 0 Å². The number of nitrogens with zero attached hydrogens (tertiary/aromatic N) is 3. The third kappa shape index (κ3) is 3.60. The Labute approximate surface area is 125 Å². The number of carbonyl (C=O) groups excluding carboxylic acids is 1. The van der Waals surface area contributed by atoms with Crippen molar-refractivity contribution in [3.05, 3.63) is 35.9 Å². The van der Waals surface area contributed by atoms with Crippen LogP contribution in [0.5, 0.6) is 0 Å². The molecule has 112 valence electrons. The van der Waals surface area contributed by atoms with Gasteiger partial charge in [-0.25, -0.2) is 0 Å². The highest BCUT2D eigenvalue weighted by Gasteiger charge is 2.29. The molecule has 2 rings (SSSR count). The van der Waals surface area contributed by atoms with Gasteiger partial charge in [0.05, 0.1) is 13.2 Å². The average molecular weight is 287 g/mol. The number of methoxy groups -OCH3 is 1. The second kappa shape index (κ2) is 7.21. The molecule has 21 heavy (non-hydrogen) atoms. The molecular formula is C16H21N3O2. The van der Waals surface area contributed by atoms with Crippen LogP contribution in [0.2, 0.25) is 0 Å². The summed E-state index contributed by atoms with van der Waals surface area (Å²) in [6.07, 6.45) is 0. The molecule has 0 spiro atoms. The van der Waals surface area contributed by atoms with Crippen LogP contribution in [0.25, 0.3) is 0 Å². The first-order valence-corrected chi connectivity index (χ1v) is 7.18. The van der Waals surface area contributed by atoms with E-state index in [0.717, 1.165) is 31.7 Å². The first-order chi connectivity index (χ1) is 10.2. The standard InChI is InChI=1S/C16H21N3O2/c1-13(16(20)21-2)18-8-10-19(11-9-18)15(12-17)14-6-4-3-5-7-14/h3-7,13,15H,8-11H2,1-2H3/t13-,15+/m0/s1. The van der Waals surface area contributed by atoms with Crippen LogP contribution in [-0.4, -0.2) is 55.1 Å². The molecule has 1 saturated heterocycles. The molecule has 0 bridgehead atoms. The summed E-state index contributed by atoms with van der Waals surface area (Å²) in [6.45, 7) is 4.94. The predicted molar refractivity (Wildman–Crippen MR) is 79.4 cm³/mol. The van der Waals surface area contributed by atoms with Crippen LogP contribution in [-0.2, 0) is 9.53 Å². The molecule has 0 unspecified atom stereocenters. The van der Waals surface area contributed by atoms with E-state index in [1.807, 2.05) is 37.3 Å². The van der Waals surface area contributed by atoms with Crippen LogP contribution < -0.4 is 0 Å². The maximum absolute atomic E-state index is 11.6. The molecule has 1 aromatic rings. The Balaban J connectivity index is 1.97. The van der Waals surface area contributed by atoms with Gasteiger partial charge in [-0.05, 0) is 12.5 Å². The summed E-state index contributed by atoms with van der Waals surface area (Å²) < 4.78 is 4.78. The lowest BCUT2D eigenvalue weighted by atomic mass is 10.1. The molecule has 0 aromatic heterocycles. The van der Waals surface area contributed by atoms with E-state index in [2.05, 4.69) is 15.9 Å². The van der Waals surface area contributed by atoms with E-state index in [1.54, 1.807) is 0 Å². The van der Waals surface area contributed by atoms with Crippen molar-refractivity contribution in [2.75, 3.05) is 33.3 Å². The van der Waals surface area contributed by atoms with Crippen molar-refractivity contribution >= 4 is 5.97 Å². The van der Waals surface area contributed by atoms with Gasteiger partial charge in [-0.3, -0.25) is 14.6 Å². The normalized spacial score (nSPS) is 19.5. The Kier molecular flexibility index (Phi) is 5.32. The maximum atomic E-state index is 11.6. The molecule has 0 amide bonds. The monoisotopic (exact) mass is 287 g/mol. The van der Waals surface area contributed by atoms with Crippen LogP contribution in [0.15, 0.2) is 30.3 Å². The highest BCUT2D eigenvalue weighted by Crippen LogP contribution is 2.21. The number of piperazine rings is 1. The van der Waals surface area contributed by atoms with Crippen molar-refractivity contribution in [1.82, 2.24) is 9.80 Å². The summed E-state index contributed by atoms with van der Waals surface area (Å²) in [6, 6.07) is 11.8. The highest BCUT2D eigenvalue weighted by molar-refractivity contribution is 5.75. The van der Waals surface area contributed by atoms with E-state index in [1.165, 1.54) is 7.11 Å². The number of hydrogen-bond donors (Lipinski definition) is 0. The van der Waals surface area contributed by atoms with E-state index >= 15 is 0 Å². The topological polar surface area (TPSA) is 56.6 Å². The second-order valence-electron chi connectivity index (χ2n) is 5.21. The molecule has 0 saturated carbocycles. The Hall–Kier alpha value is -1.90. The number of rotatable bonds is 4. The number of esters is 1. The molecule has 0 N–H and O–H groups in total. The first-order valence-electron chi connectivity index (χ1n) is 7.18. The zero-order valence-corrected chi connectivity index (χ0v) is 12.5. The van der Waals surface area contributed by atoms with Gasteiger partial charge in [0, 0.05) is 26.2 Å². The maximum Gasteiger partial charge on any atom is 0.322 e. The molecular weight excluding hydrogens is 266 g/mol. The van der Waals surface area contributed by atoms with Crippen LogP contribution in [0.1, 0.15) is 18.5 Å². The van der Waals surface area contributed by atoms with Crippen molar-refractivity contribution in [3.8, 4) is 6.07 Å². The Morgan fingerprint density at radius 1 is 1.19 bits per heavy atom. The molecule has 1 fully saturated rings. The van der Waals surface area contributed by atoms with Gasteiger partial charge in [0.1, 0.15) is 12.1 Å². The summed E-state index contributed by atoms with van der Waals surface area (Å²) in [5, 5.41) is 9.45. The van der Waals surface area contributed by atoms with Crippen LogP contribution in [0, 0.1) is 11.3 Å². The summed E-state index contributed by atoms with van der Waals surface area (Å²) >= 11 is 0. The Bertz CT molecular complexity index is 504. The summed E-state index contributed by atoms with van der Waals surface area (Å²) in [5.74, 6) is -0.205. The van der Waals surface area contributed by atoms with Crippen molar-refractivity contribution < 1.29 is 9.53 Å². The number of benzene rings is 1. The summed E-state index contributed by atoms with van der Waals surface area (Å²) in [5.41, 5.74) is 1.02. The molecule has 1 aliphatic heterocycles. The molecule has 0 radical (unpaired) electrons. The smallest absolute Gasteiger partial charge is 0.322 e. The number of ether oxygens (including phenoxy) is 1. The minimum Gasteiger partial charge on any atom is -0.468 e. The SMILES string of the molecule is COC(=O)[C@H](C)N1CCN([C@H](C#N)c2ccccc2)CC1. The van der Waals surface area contributed by atoms with E-state index < -0.39 is 0 Å². The van der Waals surface area contributed by atoms with Gasteiger partial charge in [-0.15, -0.1) is 0 Å². The largest absolute Gasteiger partial charge is 0.468 e. The van der Waals surface area contributed by atoms with Crippen LogP contribution in [0.4, 0.5) is 0 Å². The molecule has 5 heteroatoms. The fourth-order valence-electron chi connectivity index (χ4n) is 2.70. The number of carbonyl (C=O) groups is 1. The van der Waals surface area contributed by atoms with Crippen molar-refractivity contribution in [1.29, 1.82) is 5.26 Å². The van der Waals surface area contributed by atoms with E-state index in [0.29, 0.717) is 0 Å². The summed E-state index contributed by atoms with van der Waals surface area (Å²) in [7, 11) is 1.41. The molecule has 1 heterocycles. The van der Waals surface area contributed by atoms with Gasteiger partial charge >= 0.3 is 5.97 Å². The minimum atomic E-state index is -0.227. The first kappa shape index (κ1) is 15.5. The third-order valence-electron chi connectivity index (χ3n) is 4.04. The lowest BCUT2D eigenvalue weighted by Crippen LogP contribution is -2.52. The van der Waals surface area contributed by atoms with Crippen molar-refractivity contribution in [2.45, 2.75) is 19.0 Å². The lowest BCUT2D eigenvalue weighted by Gasteiger charge is -2.38. The molecule has 1 aliphatic rings. The van der Waals surface area contributed by atoms with Crippen molar-refractivity contribution in [3.63, 3.8) is 0 Å². The Morgan fingerprint density at radius 3 is 2.29 bits per heavy atom. The molecule has 2 atom stereocenters. The van der Waals surface area contributed by atoms with Crippen molar-refractivity contribution in [2.24, 2.45) is 0 Å². The zero-order chi connectivity index (χ0) is 15.2. The van der Waals surface area contributed by atoms with Gasteiger partial charge in [-0.1, -0.05) is 30.3 Å². The fraction of sp³-hybridized carbons (Fsp3) is 0.500. The molecule has 0 aliphatic carbocycles. The fourth-order valence-corrected chi connectivity index (χ4v) is 2.70. The van der Waals surface area contributed by atoms with Gasteiger partial charge in [0.15, 0.2) is 0 Å². The summed E-state index contributed by atoms with van der Waals surface area (Å²) in [4.78, 5) is 15.8. The predicted octanol–water partition coefficient (Wildman–Crippen LogP) is 1.43. The van der Waals surface area contributed by atoms with E-state index in [9.17, 15) is 10.1 Å². The third-order valence-corrected chi connectivity index (χ3v) is 4.04. The average Bonchev–Trinajstić information content (AvgIpc) is 2.56. The van der Waals surface area contributed by atoms with Gasteiger partial charge in [0.25, 0.3) is 0 Å². The minimum absolute atomic E-state index is 0.205. The van der Waals surface area contributed by atoms with Gasteiger partial charge in [-0.2, -0.15) is 5.26 Å². The quantitative estimate of drug-likeness (QED) is 0.784. The number of hydrogen-bond acceptors (Lipinski definition) is 5. The van der Waals surface area contributed by atoms with Gasteiger partial charge < -0.3 is 4.74 Å². The zero-order valence-electron chi connectivity index (χ0n) is 12.5. The van der Waals surface area contributed by atoms with Crippen LogP contribution in [0.3, 0.4) is 0 Å². The van der Waals surface area contributed by atoms with Crippen LogP contribution >= 0.6 is 0 Å². The lowest BCUT2D eigenvalue weighted by molar-refractivity contribution is -0.147. The molecule has 5 nitrogen and oxygen atoms in total. The molecule has 1 aromatic carbocycles. The number of nitriles is 1. The second-order valence-corrected chi connectivity index (χ2v) is 5.21. The Morgan fingerprint density at radius 2 is 1.76 bits per heavy atom. The van der Waals surface area contributed by atoms with E-state index in [-0.39, 0.29) is 18.1 Å².